The maximum Gasteiger partial charge on any atom is 0.311 e. The molecular weight excluding hydrogens is 416 g/mol. The number of ether oxygens (including phenoxy) is 1. The Hall–Kier alpha value is -1.80. The lowest BCUT2D eigenvalue weighted by Gasteiger charge is -2.37. The van der Waals surface area contributed by atoms with Gasteiger partial charge in [0.15, 0.2) is 0 Å². The third-order valence-electron chi connectivity index (χ3n) is 7.02. The molecule has 170 valence electrons. The molecule has 8 heteroatoms. The van der Waals surface area contributed by atoms with Crippen LogP contribution in [0.25, 0.3) is 0 Å². The second kappa shape index (κ2) is 8.28. The third kappa shape index (κ3) is 3.42. The molecule has 2 amide bonds. The fourth-order valence-corrected chi connectivity index (χ4v) is 7.80. The number of aliphatic hydroxyl groups excluding tert-OH is 1. The van der Waals surface area contributed by atoms with Crippen LogP contribution in [0.4, 0.5) is 0 Å². The van der Waals surface area contributed by atoms with Gasteiger partial charge in [-0.05, 0) is 46.1 Å². The smallest absolute Gasteiger partial charge is 0.311 e. The van der Waals surface area contributed by atoms with E-state index in [0.29, 0.717) is 25.9 Å². The normalized spacial score (nSPS) is 36.9. The van der Waals surface area contributed by atoms with Crippen LogP contribution in [0.5, 0.6) is 0 Å². The second-order valence-electron chi connectivity index (χ2n) is 9.33. The molecule has 0 radical (unpaired) electrons. The molecule has 0 bridgehead atoms. The lowest BCUT2D eigenvalue weighted by molar-refractivity contribution is -0.152. The van der Waals surface area contributed by atoms with E-state index in [1.54, 1.807) is 16.7 Å². The summed E-state index contributed by atoms with van der Waals surface area (Å²) in [6.07, 6.45) is 10.0. The minimum absolute atomic E-state index is 0.00928. The van der Waals surface area contributed by atoms with Crippen LogP contribution in [-0.2, 0) is 19.1 Å². The number of hydrogen-bond acceptors (Lipinski definition) is 6. The molecule has 2 fully saturated rings. The number of hydrogen-bond donors (Lipinski definition) is 1. The van der Waals surface area contributed by atoms with E-state index in [1.165, 1.54) is 0 Å². The molecule has 5 atom stereocenters. The number of carbonyl (C=O) groups is 3. The highest BCUT2D eigenvalue weighted by Gasteiger charge is 2.73. The van der Waals surface area contributed by atoms with Crippen molar-refractivity contribution >= 4 is 29.5 Å². The Balaban J connectivity index is 1.79. The SMILES string of the molecule is CC(C)N1CC=C[C@]23S[C@]4(C)C=CCOC(=O)[C@@H]4[C@H]2C(=O)N(CCCCCO)C3C1=O. The first-order chi connectivity index (χ1) is 14.8. The molecule has 1 N–H and O–H groups in total. The fourth-order valence-electron chi connectivity index (χ4n) is 5.65. The highest BCUT2D eigenvalue weighted by Crippen LogP contribution is 2.65. The Kier molecular flexibility index (Phi) is 5.98. The molecule has 1 spiro atoms. The number of unbranched alkanes of at least 4 members (excludes halogenated alkanes) is 2. The van der Waals surface area contributed by atoms with E-state index in [1.807, 2.05) is 50.0 Å². The Morgan fingerprint density at radius 2 is 1.90 bits per heavy atom. The van der Waals surface area contributed by atoms with E-state index in [-0.39, 0.29) is 37.0 Å². The van der Waals surface area contributed by atoms with Crippen molar-refractivity contribution in [2.24, 2.45) is 11.8 Å². The molecule has 0 aromatic heterocycles. The predicted octanol–water partition coefficient (Wildman–Crippen LogP) is 1.76. The topological polar surface area (TPSA) is 87.2 Å². The Bertz CT molecular complexity index is 827. The summed E-state index contributed by atoms with van der Waals surface area (Å²) < 4.78 is 4.02. The van der Waals surface area contributed by atoms with Gasteiger partial charge >= 0.3 is 5.97 Å². The van der Waals surface area contributed by atoms with Crippen molar-refractivity contribution in [3.8, 4) is 0 Å². The molecule has 2 saturated heterocycles. The number of rotatable bonds is 6. The van der Waals surface area contributed by atoms with Gasteiger partial charge in [-0.3, -0.25) is 14.4 Å². The van der Waals surface area contributed by atoms with Crippen molar-refractivity contribution in [2.75, 3.05) is 26.3 Å². The van der Waals surface area contributed by atoms with Crippen LogP contribution in [0.1, 0.15) is 40.0 Å². The minimum atomic E-state index is -0.797. The number of likely N-dealkylation sites (tertiary alicyclic amines) is 1. The van der Waals surface area contributed by atoms with Gasteiger partial charge in [0.25, 0.3) is 0 Å². The van der Waals surface area contributed by atoms with Crippen molar-refractivity contribution < 1.29 is 24.2 Å². The summed E-state index contributed by atoms with van der Waals surface area (Å²) in [5.41, 5.74) is 0. The molecule has 0 aliphatic carbocycles. The average Bonchev–Trinajstić information content (AvgIpc) is 2.96. The van der Waals surface area contributed by atoms with E-state index in [4.69, 9.17) is 9.84 Å². The summed E-state index contributed by atoms with van der Waals surface area (Å²) in [5.74, 6) is -1.81. The second-order valence-corrected chi connectivity index (χ2v) is 11.1. The van der Waals surface area contributed by atoms with Crippen molar-refractivity contribution in [1.29, 1.82) is 0 Å². The van der Waals surface area contributed by atoms with Gasteiger partial charge in [0.05, 0.1) is 16.6 Å². The summed E-state index contributed by atoms with van der Waals surface area (Å²) in [6.45, 7) is 7.22. The summed E-state index contributed by atoms with van der Waals surface area (Å²) in [5, 5.41) is 9.10. The van der Waals surface area contributed by atoms with Gasteiger partial charge in [0.2, 0.25) is 11.8 Å². The van der Waals surface area contributed by atoms with Crippen LogP contribution < -0.4 is 0 Å². The first kappa shape index (κ1) is 22.4. The lowest BCUT2D eigenvalue weighted by Crippen LogP contribution is -2.54. The summed E-state index contributed by atoms with van der Waals surface area (Å²) in [6, 6.07) is -0.634. The van der Waals surface area contributed by atoms with Crippen molar-refractivity contribution in [3.05, 3.63) is 24.3 Å². The standard InChI is InChI=1S/C23H32N2O5S/c1-15(2)24-12-7-10-23-16(17-21(29)30-14-8-9-22(17,3)31-23)19(27)25(18(23)20(24)28)11-5-4-6-13-26/h7-10,15-18,26H,4-6,11-14H2,1-3H3/t16-,17-,18?,22+,23-/m0/s1. The van der Waals surface area contributed by atoms with E-state index >= 15 is 0 Å². The molecule has 0 aromatic carbocycles. The molecule has 4 rings (SSSR count). The maximum absolute atomic E-state index is 13.8. The molecule has 31 heavy (non-hydrogen) atoms. The number of thioether (sulfide) groups is 1. The van der Waals surface area contributed by atoms with Crippen molar-refractivity contribution in [1.82, 2.24) is 9.80 Å². The number of esters is 1. The van der Waals surface area contributed by atoms with E-state index in [9.17, 15) is 14.4 Å². The average molecular weight is 449 g/mol. The highest BCUT2D eigenvalue weighted by atomic mass is 32.2. The van der Waals surface area contributed by atoms with E-state index < -0.39 is 27.4 Å². The third-order valence-corrected chi connectivity index (χ3v) is 8.82. The minimum Gasteiger partial charge on any atom is -0.461 e. The zero-order valence-corrected chi connectivity index (χ0v) is 19.3. The maximum atomic E-state index is 13.8. The Morgan fingerprint density at radius 1 is 1.13 bits per heavy atom. The number of carbonyl (C=O) groups excluding carboxylic acids is 3. The van der Waals surface area contributed by atoms with E-state index in [0.717, 1.165) is 6.42 Å². The zero-order chi connectivity index (χ0) is 22.4. The molecule has 4 heterocycles. The number of aliphatic hydroxyl groups is 1. The summed E-state index contributed by atoms with van der Waals surface area (Å²) in [4.78, 5) is 44.2. The van der Waals surface area contributed by atoms with Crippen molar-refractivity contribution in [3.63, 3.8) is 0 Å². The largest absolute Gasteiger partial charge is 0.461 e. The Labute approximate surface area is 187 Å². The monoisotopic (exact) mass is 448 g/mol. The van der Waals surface area contributed by atoms with E-state index in [2.05, 4.69) is 0 Å². The predicted molar refractivity (Wildman–Crippen MR) is 118 cm³/mol. The fraction of sp³-hybridized carbons (Fsp3) is 0.696. The lowest BCUT2D eigenvalue weighted by atomic mass is 9.75. The van der Waals surface area contributed by atoms with Gasteiger partial charge in [0, 0.05) is 30.5 Å². The van der Waals surface area contributed by atoms with Crippen LogP contribution in [0.2, 0.25) is 0 Å². The van der Waals surface area contributed by atoms with Crippen LogP contribution in [0.3, 0.4) is 0 Å². The summed E-state index contributed by atoms with van der Waals surface area (Å²) in [7, 11) is 0. The van der Waals surface area contributed by atoms with Gasteiger partial charge in [0.1, 0.15) is 12.6 Å². The molecule has 1 unspecified atom stereocenters. The molecule has 0 saturated carbocycles. The van der Waals surface area contributed by atoms with Crippen LogP contribution in [0.15, 0.2) is 24.3 Å². The van der Waals surface area contributed by atoms with Gasteiger partial charge in [-0.1, -0.05) is 18.2 Å². The van der Waals surface area contributed by atoms with Crippen LogP contribution in [0, 0.1) is 11.8 Å². The molecule has 4 aliphatic heterocycles. The molecule has 0 aromatic rings. The van der Waals surface area contributed by atoms with Crippen LogP contribution in [-0.4, -0.2) is 80.6 Å². The number of fused-ring (bicyclic) bond motifs is 2. The van der Waals surface area contributed by atoms with Gasteiger partial charge in [-0.2, -0.15) is 0 Å². The molecule has 7 nitrogen and oxygen atoms in total. The number of cyclic esters (lactones) is 1. The number of amides is 2. The first-order valence-corrected chi connectivity index (χ1v) is 12.0. The van der Waals surface area contributed by atoms with Gasteiger partial charge in [-0.15, -0.1) is 11.8 Å². The van der Waals surface area contributed by atoms with Crippen LogP contribution >= 0.6 is 11.8 Å². The highest BCUT2D eigenvalue weighted by molar-refractivity contribution is 8.02. The van der Waals surface area contributed by atoms with Gasteiger partial charge < -0.3 is 19.6 Å². The summed E-state index contributed by atoms with van der Waals surface area (Å²) >= 11 is 1.57. The van der Waals surface area contributed by atoms with Gasteiger partial charge in [-0.25, -0.2) is 0 Å². The number of nitrogens with zero attached hydrogens (tertiary/aromatic N) is 2. The van der Waals surface area contributed by atoms with Crippen molar-refractivity contribution in [2.45, 2.75) is 61.6 Å². The molecule has 4 aliphatic rings. The quantitative estimate of drug-likeness (QED) is 0.379. The Morgan fingerprint density at radius 3 is 2.61 bits per heavy atom. The first-order valence-electron chi connectivity index (χ1n) is 11.2. The molecular formula is C23H32N2O5S. The zero-order valence-electron chi connectivity index (χ0n) is 18.5.